The van der Waals surface area contributed by atoms with Crippen molar-refractivity contribution in [3.63, 3.8) is 0 Å². The minimum absolute atomic E-state index is 0.250. The lowest BCUT2D eigenvalue weighted by atomic mass is 9.70. The first kappa shape index (κ1) is 23.6. The number of hydrogen-bond acceptors (Lipinski definition) is 7. The molecule has 5 atom stereocenters. The van der Waals surface area contributed by atoms with Gasteiger partial charge in [-0.3, -0.25) is 4.98 Å². The summed E-state index contributed by atoms with van der Waals surface area (Å²) in [4.78, 5) is 6.67. The average molecular weight is 565 g/mol. The van der Waals surface area contributed by atoms with E-state index in [9.17, 15) is 10.2 Å². The number of halogens is 1. The van der Waals surface area contributed by atoms with Crippen molar-refractivity contribution in [3.8, 4) is 11.5 Å². The number of methoxy groups -OCH3 is 1. The molecule has 3 fully saturated rings. The Hall–Kier alpha value is -2.49. The highest BCUT2D eigenvalue weighted by Crippen LogP contribution is 2.69. The number of nitrogens with zero attached hydrogens (tertiary/aromatic N) is 2. The normalized spacial score (nSPS) is 33.2. The van der Waals surface area contributed by atoms with Crippen LogP contribution in [0.4, 0.5) is 0 Å². The number of aromatic nitrogens is 1. The molecule has 1 aliphatic carbocycles. The summed E-state index contributed by atoms with van der Waals surface area (Å²) in [7, 11) is 1.55. The zero-order valence-electron chi connectivity index (χ0n) is 20.5. The van der Waals surface area contributed by atoms with Crippen LogP contribution in [-0.2, 0) is 15.9 Å². The second-order valence-corrected chi connectivity index (χ2v) is 11.9. The van der Waals surface area contributed by atoms with E-state index in [2.05, 4.69) is 37.9 Å². The van der Waals surface area contributed by atoms with E-state index in [1.807, 2.05) is 42.5 Å². The van der Waals surface area contributed by atoms with Crippen LogP contribution >= 0.6 is 15.9 Å². The Labute approximate surface area is 224 Å². The van der Waals surface area contributed by atoms with E-state index in [4.69, 9.17) is 14.2 Å². The summed E-state index contributed by atoms with van der Waals surface area (Å²) in [5.74, 6) is 0.180. The minimum Gasteiger partial charge on any atom is -0.495 e. The molecule has 0 amide bonds. The molecule has 2 N–H and O–H groups in total. The second kappa shape index (κ2) is 8.25. The van der Waals surface area contributed by atoms with Gasteiger partial charge >= 0.3 is 0 Å². The van der Waals surface area contributed by atoms with E-state index < -0.39 is 17.3 Å². The number of rotatable bonds is 5. The van der Waals surface area contributed by atoms with Crippen LogP contribution in [0.3, 0.4) is 0 Å². The summed E-state index contributed by atoms with van der Waals surface area (Å²) in [6, 6.07) is 17.9. The van der Waals surface area contributed by atoms with E-state index in [0.29, 0.717) is 23.6 Å². The van der Waals surface area contributed by atoms with Crippen molar-refractivity contribution in [2.24, 2.45) is 11.3 Å². The van der Waals surface area contributed by atoms with Crippen molar-refractivity contribution < 1.29 is 24.4 Å². The van der Waals surface area contributed by atoms with Crippen LogP contribution in [0.1, 0.15) is 22.6 Å². The Balaban J connectivity index is 1.43. The van der Waals surface area contributed by atoms with Crippen molar-refractivity contribution in [3.05, 3.63) is 88.2 Å². The number of aliphatic hydroxyl groups excluding tert-OH is 1. The molecule has 3 aliphatic heterocycles. The number of pyridine rings is 1. The van der Waals surface area contributed by atoms with Gasteiger partial charge in [-0.25, -0.2) is 0 Å². The van der Waals surface area contributed by atoms with Crippen molar-refractivity contribution >= 4 is 15.9 Å². The van der Waals surface area contributed by atoms with Gasteiger partial charge < -0.3 is 29.3 Å². The van der Waals surface area contributed by atoms with Crippen LogP contribution < -0.4 is 9.47 Å². The molecule has 0 radical (unpaired) electrons. The molecule has 4 aliphatic rings. The maximum Gasteiger partial charge on any atom is 0.177 e. The molecule has 3 aromatic rings. The highest BCUT2D eigenvalue weighted by atomic mass is 79.9. The van der Waals surface area contributed by atoms with Crippen LogP contribution in [0.2, 0.25) is 0 Å². The first-order valence-corrected chi connectivity index (χ1v) is 13.4. The second-order valence-electron chi connectivity index (χ2n) is 11.0. The molecule has 8 heteroatoms. The third kappa shape index (κ3) is 3.11. The standard InChI is InChI=1S/C29H29BrN2O5/c1-35-22-11-31-12-23-25(22)28(34)26(33)21(13-32-14-27(15-32)16-36-17-27)24(18-5-3-2-4-6-18)29(28,37-23)19-7-9-20(30)10-8-19/h2-12,21,24,26,33-34H,13-17H2,1H3. The van der Waals surface area contributed by atoms with Crippen molar-refractivity contribution in [1.29, 1.82) is 0 Å². The van der Waals surface area contributed by atoms with Gasteiger partial charge in [0, 0.05) is 41.4 Å². The molecule has 0 bridgehead atoms. The Morgan fingerprint density at radius 1 is 1.08 bits per heavy atom. The quantitative estimate of drug-likeness (QED) is 0.491. The molecule has 1 spiro atoms. The van der Waals surface area contributed by atoms with Gasteiger partial charge in [0.15, 0.2) is 11.2 Å². The summed E-state index contributed by atoms with van der Waals surface area (Å²) in [6.45, 7) is 4.10. The van der Waals surface area contributed by atoms with E-state index in [0.717, 1.165) is 41.9 Å². The van der Waals surface area contributed by atoms with Crippen LogP contribution in [0.5, 0.6) is 11.5 Å². The monoisotopic (exact) mass is 564 g/mol. The Kier molecular flexibility index (Phi) is 5.27. The predicted octanol–water partition coefficient (Wildman–Crippen LogP) is 3.43. The molecule has 4 heterocycles. The molecular formula is C29H29BrN2O5. The average Bonchev–Trinajstić information content (AvgIpc) is 3.24. The number of hydrogen-bond donors (Lipinski definition) is 2. The van der Waals surface area contributed by atoms with Gasteiger partial charge in [-0.2, -0.15) is 0 Å². The Morgan fingerprint density at radius 3 is 2.46 bits per heavy atom. The van der Waals surface area contributed by atoms with Crippen molar-refractivity contribution in [1.82, 2.24) is 9.88 Å². The van der Waals surface area contributed by atoms with Gasteiger partial charge in [0.1, 0.15) is 11.5 Å². The summed E-state index contributed by atoms with van der Waals surface area (Å²) in [5, 5.41) is 25.1. The van der Waals surface area contributed by atoms with Crippen LogP contribution in [0.25, 0.3) is 0 Å². The lowest BCUT2D eigenvalue weighted by molar-refractivity contribution is -0.194. The van der Waals surface area contributed by atoms with E-state index in [-0.39, 0.29) is 17.3 Å². The smallest absolute Gasteiger partial charge is 0.177 e. The SMILES string of the molecule is COc1cncc2c1C1(O)C(O)C(CN3CC4(COC4)C3)C(c3ccccc3)C1(c1ccc(Br)cc1)O2. The summed E-state index contributed by atoms with van der Waals surface area (Å²) < 4.78 is 18.9. The first-order chi connectivity index (χ1) is 17.9. The fraction of sp³-hybridized carbons (Fsp3) is 0.414. The first-order valence-electron chi connectivity index (χ1n) is 12.6. The molecule has 2 saturated heterocycles. The number of aliphatic hydroxyl groups is 2. The fourth-order valence-corrected chi connectivity index (χ4v) is 7.60. The zero-order valence-corrected chi connectivity index (χ0v) is 22.1. The third-order valence-corrected chi connectivity index (χ3v) is 9.38. The highest BCUT2D eigenvalue weighted by molar-refractivity contribution is 9.10. The summed E-state index contributed by atoms with van der Waals surface area (Å²) in [5.41, 5.74) is -0.555. The van der Waals surface area contributed by atoms with Crippen molar-refractivity contribution in [2.45, 2.75) is 23.2 Å². The number of fused-ring (bicyclic) bond motifs is 3. The van der Waals surface area contributed by atoms with Gasteiger partial charge in [0.25, 0.3) is 0 Å². The van der Waals surface area contributed by atoms with Gasteiger partial charge in [0.05, 0.1) is 44.4 Å². The maximum atomic E-state index is 12.9. The number of benzene rings is 2. The zero-order chi connectivity index (χ0) is 25.4. The van der Waals surface area contributed by atoms with Gasteiger partial charge in [-0.05, 0) is 23.3 Å². The molecule has 37 heavy (non-hydrogen) atoms. The number of ether oxygens (including phenoxy) is 3. The Morgan fingerprint density at radius 2 is 1.81 bits per heavy atom. The van der Waals surface area contributed by atoms with E-state index >= 15 is 0 Å². The molecule has 2 aromatic carbocycles. The molecule has 1 aromatic heterocycles. The molecule has 1 saturated carbocycles. The minimum atomic E-state index is -1.77. The third-order valence-electron chi connectivity index (χ3n) is 8.85. The maximum absolute atomic E-state index is 12.9. The summed E-state index contributed by atoms with van der Waals surface area (Å²) >= 11 is 3.55. The molecule has 192 valence electrons. The lowest BCUT2D eigenvalue weighted by Gasteiger charge is -2.56. The van der Waals surface area contributed by atoms with E-state index in [1.54, 1.807) is 19.5 Å². The van der Waals surface area contributed by atoms with Crippen LogP contribution in [0, 0.1) is 11.3 Å². The molecule has 7 rings (SSSR count). The van der Waals surface area contributed by atoms with Crippen LogP contribution in [0.15, 0.2) is 71.5 Å². The van der Waals surface area contributed by atoms with Gasteiger partial charge in [-0.1, -0.05) is 58.4 Å². The van der Waals surface area contributed by atoms with E-state index in [1.165, 1.54) is 0 Å². The largest absolute Gasteiger partial charge is 0.495 e. The molecule has 7 nitrogen and oxygen atoms in total. The fourth-order valence-electron chi connectivity index (χ4n) is 7.34. The van der Waals surface area contributed by atoms with Gasteiger partial charge in [0.2, 0.25) is 0 Å². The Bertz CT molecular complexity index is 1330. The number of likely N-dealkylation sites (tertiary alicyclic amines) is 1. The highest BCUT2D eigenvalue weighted by Gasteiger charge is 2.77. The summed E-state index contributed by atoms with van der Waals surface area (Å²) in [6.07, 6.45) is 2.06. The lowest BCUT2D eigenvalue weighted by Crippen LogP contribution is -2.66. The topological polar surface area (TPSA) is 84.3 Å². The van der Waals surface area contributed by atoms with Crippen LogP contribution in [-0.4, -0.2) is 66.2 Å². The predicted molar refractivity (Wildman–Crippen MR) is 140 cm³/mol. The molecule has 5 unspecified atom stereocenters. The van der Waals surface area contributed by atoms with Crippen molar-refractivity contribution in [2.75, 3.05) is 40.0 Å². The molecular weight excluding hydrogens is 536 g/mol. The van der Waals surface area contributed by atoms with Gasteiger partial charge in [-0.15, -0.1) is 0 Å².